The molecule has 18 heavy (non-hydrogen) atoms. The quantitative estimate of drug-likeness (QED) is 0.816. The van der Waals surface area contributed by atoms with E-state index < -0.39 is 0 Å². The highest BCUT2D eigenvalue weighted by atomic mass is 19.1. The van der Waals surface area contributed by atoms with Crippen molar-refractivity contribution >= 4 is 5.91 Å². The van der Waals surface area contributed by atoms with E-state index in [1.165, 1.54) is 6.07 Å². The maximum Gasteiger partial charge on any atom is 0.220 e. The van der Waals surface area contributed by atoms with Crippen molar-refractivity contribution in [2.24, 2.45) is 11.7 Å². The van der Waals surface area contributed by atoms with Gasteiger partial charge in [0.1, 0.15) is 5.82 Å². The van der Waals surface area contributed by atoms with Crippen LogP contribution < -0.4 is 11.1 Å². The van der Waals surface area contributed by atoms with Crippen molar-refractivity contribution in [3.63, 3.8) is 0 Å². The maximum absolute atomic E-state index is 13.5. The molecule has 0 spiro atoms. The zero-order valence-electron chi connectivity index (χ0n) is 10.9. The highest BCUT2D eigenvalue weighted by Gasteiger charge is 2.13. The first-order valence-corrected chi connectivity index (χ1v) is 6.28. The number of hydrogen-bond acceptors (Lipinski definition) is 2. The van der Waals surface area contributed by atoms with Gasteiger partial charge in [-0.3, -0.25) is 4.79 Å². The van der Waals surface area contributed by atoms with Crippen LogP contribution in [0.1, 0.15) is 38.3 Å². The normalized spacial score (nSPS) is 14.0. The topological polar surface area (TPSA) is 55.1 Å². The third kappa shape index (κ3) is 4.45. The average molecular weight is 252 g/mol. The molecule has 0 aliphatic heterocycles. The lowest BCUT2D eigenvalue weighted by Crippen LogP contribution is -2.27. The van der Waals surface area contributed by atoms with Crippen molar-refractivity contribution in [1.82, 2.24) is 5.32 Å². The monoisotopic (exact) mass is 252 g/mol. The number of carbonyl (C=O) groups excluding carboxylic acids is 1. The van der Waals surface area contributed by atoms with E-state index in [4.69, 9.17) is 5.73 Å². The van der Waals surface area contributed by atoms with Crippen LogP contribution in [-0.4, -0.2) is 12.5 Å². The summed E-state index contributed by atoms with van der Waals surface area (Å²) in [6.07, 6.45) is 1.18. The molecule has 2 unspecified atom stereocenters. The minimum atomic E-state index is -0.313. The van der Waals surface area contributed by atoms with Crippen LogP contribution in [0.25, 0.3) is 0 Å². The van der Waals surface area contributed by atoms with Crippen LogP contribution in [-0.2, 0) is 4.79 Å². The zero-order valence-corrected chi connectivity index (χ0v) is 10.9. The van der Waals surface area contributed by atoms with Crippen molar-refractivity contribution < 1.29 is 9.18 Å². The third-order valence-corrected chi connectivity index (χ3v) is 3.02. The van der Waals surface area contributed by atoms with Crippen molar-refractivity contribution in [2.45, 2.75) is 32.7 Å². The fourth-order valence-electron chi connectivity index (χ4n) is 1.71. The zero-order chi connectivity index (χ0) is 13.5. The van der Waals surface area contributed by atoms with E-state index in [1.54, 1.807) is 25.1 Å². The van der Waals surface area contributed by atoms with Gasteiger partial charge in [-0.15, -0.1) is 0 Å². The van der Waals surface area contributed by atoms with Crippen molar-refractivity contribution in [1.29, 1.82) is 0 Å². The van der Waals surface area contributed by atoms with Gasteiger partial charge in [0.05, 0.1) is 6.04 Å². The third-order valence-electron chi connectivity index (χ3n) is 3.02. The van der Waals surface area contributed by atoms with Crippen LogP contribution in [0, 0.1) is 11.7 Å². The number of carbonyl (C=O) groups is 1. The van der Waals surface area contributed by atoms with Crippen LogP contribution in [0.15, 0.2) is 24.3 Å². The van der Waals surface area contributed by atoms with Gasteiger partial charge in [-0.25, -0.2) is 4.39 Å². The van der Waals surface area contributed by atoms with Gasteiger partial charge in [0.2, 0.25) is 5.91 Å². The van der Waals surface area contributed by atoms with Gasteiger partial charge in [0, 0.05) is 12.0 Å². The summed E-state index contributed by atoms with van der Waals surface area (Å²) in [5.41, 5.74) is 6.00. The molecule has 100 valence electrons. The van der Waals surface area contributed by atoms with Gasteiger partial charge in [-0.2, -0.15) is 0 Å². The van der Waals surface area contributed by atoms with Gasteiger partial charge < -0.3 is 11.1 Å². The lowest BCUT2D eigenvalue weighted by Gasteiger charge is -2.15. The summed E-state index contributed by atoms with van der Waals surface area (Å²) in [4.78, 5) is 11.7. The molecule has 0 aliphatic rings. The predicted molar refractivity (Wildman–Crippen MR) is 70.4 cm³/mol. The Morgan fingerprint density at radius 3 is 2.67 bits per heavy atom. The Bertz CT molecular complexity index is 395. The summed E-state index contributed by atoms with van der Waals surface area (Å²) in [5, 5.41) is 2.80. The Kier molecular flexibility index (Phi) is 5.78. The van der Waals surface area contributed by atoms with E-state index >= 15 is 0 Å². The first-order chi connectivity index (χ1) is 8.54. The summed E-state index contributed by atoms with van der Waals surface area (Å²) in [6, 6.07) is 6.16. The lowest BCUT2D eigenvalue weighted by atomic mass is 10.0. The molecule has 0 aliphatic carbocycles. The van der Waals surface area contributed by atoms with Gasteiger partial charge >= 0.3 is 0 Å². The molecule has 0 fully saturated rings. The number of nitrogens with two attached hydrogens (primary N) is 1. The number of hydrogen-bond donors (Lipinski definition) is 2. The highest BCUT2D eigenvalue weighted by Crippen LogP contribution is 2.16. The Labute approximate surface area is 108 Å². The van der Waals surface area contributed by atoms with Crippen LogP contribution in [0.2, 0.25) is 0 Å². The molecule has 0 saturated heterocycles. The standard InChI is InChI=1S/C14H21FN2O/c1-10(9-16)7-8-14(18)17-11(2)12-5-3-4-6-13(12)15/h3-6,10-11H,7-9,16H2,1-2H3,(H,17,18). The minimum Gasteiger partial charge on any atom is -0.349 e. The summed E-state index contributed by atoms with van der Waals surface area (Å²) in [7, 11) is 0. The lowest BCUT2D eigenvalue weighted by molar-refractivity contribution is -0.122. The van der Waals surface area contributed by atoms with Gasteiger partial charge in [-0.05, 0) is 31.9 Å². The molecule has 0 aromatic heterocycles. The fraction of sp³-hybridized carbons (Fsp3) is 0.500. The van der Waals surface area contributed by atoms with E-state index in [2.05, 4.69) is 5.32 Å². The molecule has 0 bridgehead atoms. The van der Waals surface area contributed by atoms with Gasteiger partial charge in [0.15, 0.2) is 0 Å². The molecule has 4 heteroatoms. The van der Waals surface area contributed by atoms with Crippen molar-refractivity contribution in [3.05, 3.63) is 35.6 Å². The number of benzene rings is 1. The first kappa shape index (κ1) is 14.6. The smallest absolute Gasteiger partial charge is 0.220 e. The Hall–Kier alpha value is -1.42. The molecule has 0 radical (unpaired) electrons. The molecular formula is C14H21FN2O. The second-order valence-electron chi connectivity index (χ2n) is 4.69. The van der Waals surface area contributed by atoms with E-state index in [-0.39, 0.29) is 17.8 Å². The van der Waals surface area contributed by atoms with Gasteiger partial charge in [0.25, 0.3) is 0 Å². The fourth-order valence-corrected chi connectivity index (χ4v) is 1.71. The molecular weight excluding hydrogens is 231 g/mol. The number of amides is 1. The maximum atomic E-state index is 13.5. The second-order valence-corrected chi connectivity index (χ2v) is 4.69. The molecule has 3 N–H and O–H groups in total. The van der Waals surface area contributed by atoms with Crippen molar-refractivity contribution in [2.75, 3.05) is 6.54 Å². The van der Waals surface area contributed by atoms with Crippen LogP contribution in [0.3, 0.4) is 0 Å². The van der Waals surface area contributed by atoms with Gasteiger partial charge in [-0.1, -0.05) is 25.1 Å². The molecule has 0 saturated carbocycles. The number of nitrogens with one attached hydrogen (secondary N) is 1. The van der Waals surface area contributed by atoms with E-state index in [0.29, 0.717) is 24.4 Å². The van der Waals surface area contributed by atoms with E-state index in [9.17, 15) is 9.18 Å². The van der Waals surface area contributed by atoms with E-state index in [1.807, 2.05) is 6.92 Å². The Morgan fingerprint density at radius 2 is 2.06 bits per heavy atom. The molecule has 1 amide bonds. The second kappa shape index (κ2) is 7.11. The molecule has 1 aromatic carbocycles. The SMILES string of the molecule is CC(CN)CCC(=O)NC(C)c1ccccc1F. The summed E-state index contributed by atoms with van der Waals surface area (Å²) in [6.45, 7) is 4.37. The number of rotatable bonds is 6. The van der Waals surface area contributed by atoms with Crippen LogP contribution in [0.4, 0.5) is 4.39 Å². The summed E-state index contributed by atoms with van der Waals surface area (Å²) >= 11 is 0. The summed E-state index contributed by atoms with van der Waals surface area (Å²) in [5.74, 6) is -0.0220. The highest BCUT2D eigenvalue weighted by molar-refractivity contribution is 5.76. The minimum absolute atomic E-state index is 0.0638. The predicted octanol–water partition coefficient (Wildman–Crippen LogP) is 2.38. The number of halogens is 1. The molecule has 1 rings (SSSR count). The first-order valence-electron chi connectivity index (χ1n) is 6.28. The molecule has 0 heterocycles. The largest absolute Gasteiger partial charge is 0.349 e. The van der Waals surface area contributed by atoms with Crippen LogP contribution >= 0.6 is 0 Å². The average Bonchev–Trinajstić information content (AvgIpc) is 2.36. The van der Waals surface area contributed by atoms with Crippen LogP contribution in [0.5, 0.6) is 0 Å². The molecule has 2 atom stereocenters. The molecule has 1 aromatic rings. The van der Waals surface area contributed by atoms with E-state index in [0.717, 1.165) is 6.42 Å². The Morgan fingerprint density at radius 1 is 1.39 bits per heavy atom. The summed E-state index contributed by atoms with van der Waals surface area (Å²) < 4.78 is 13.5. The molecule has 3 nitrogen and oxygen atoms in total. The Balaban J connectivity index is 2.47. The van der Waals surface area contributed by atoms with Crippen molar-refractivity contribution in [3.8, 4) is 0 Å².